The maximum atomic E-state index is 12.1. The molecule has 1 N–H and O–H groups in total. The van der Waals surface area contributed by atoms with Crippen molar-refractivity contribution in [3.05, 3.63) is 0 Å². The molecule has 2 fully saturated rings. The van der Waals surface area contributed by atoms with Crippen molar-refractivity contribution in [1.29, 1.82) is 0 Å². The molecule has 2 saturated heterocycles. The minimum Gasteiger partial charge on any atom is -0.394 e. The van der Waals surface area contributed by atoms with Gasteiger partial charge >= 0.3 is 0 Å². The number of nitrogens with zero attached hydrogens (tertiary/aromatic N) is 1. The van der Waals surface area contributed by atoms with Crippen molar-refractivity contribution in [3.8, 4) is 0 Å². The standard InChI is InChI=1S/C11H19NO3/c1-8-4-6-15-10(8)11(14)12-5-2-3-9(12)7-13/h8-10,13H,2-7H2,1H3. The van der Waals surface area contributed by atoms with E-state index in [1.165, 1.54) is 0 Å². The van der Waals surface area contributed by atoms with E-state index in [-0.39, 0.29) is 24.7 Å². The molecule has 3 unspecified atom stereocenters. The Hall–Kier alpha value is -0.610. The Balaban J connectivity index is 2.00. The van der Waals surface area contributed by atoms with Gasteiger partial charge in [-0.15, -0.1) is 0 Å². The molecule has 0 spiro atoms. The molecular formula is C11H19NO3. The Kier molecular flexibility index (Phi) is 3.26. The molecule has 0 aromatic rings. The second-order valence-electron chi connectivity index (χ2n) is 4.57. The lowest BCUT2D eigenvalue weighted by Crippen LogP contribution is -2.45. The first-order valence-electron chi connectivity index (χ1n) is 5.77. The molecule has 3 atom stereocenters. The predicted molar refractivity (Wildman–Crippen MR) is 55.3 cm³/mol. The van der Waals surface area contributed by atoms with Gasteiger partial charge < -0.3 is 14.7 Å². The third-order valence-corrected chi connectivity index (χ3v) is 3.50. The highest BCUT2D eigenvalue weighted by Gasteiger charge is 2.38. The number of hydrogen-bond acceptors (Lipinski definition) is 3. The zero-order chi connectivity index (χ0) is 10.8. The summed E-state index contributed by atoms with van der Waals surface area (Å²) in [5, 5.41) is 9.16. The zero-order valence-corrected chi connectivity index (χ0v) is 9.19. The molecule has 2 heterocycles. The summed E-state index contributed by atoms with van der Waals surface area (Å²) < 4.78 is 5.46. The Morgan fingerprint density at radius 3 is 2.93 bits per heavy atom. The van der Waals surface area contributed by atoms with E-state index in [1.807, 2.05) is 0 Å². The van der Waals surface area contributed by atoms with Crippen molar-refractivity contribution in [3.63, 3.8) is 0 Å². The van der Waals surface area contributed by atoms with Crippen LogP contribution in [-0.2, 0) is 9.53 Å². The first-order valence-corrected chi connectivity index (χ1v) is 5.77. The lowest BCUT2D eigenvalue weighted by Gasteiger charge is -2.27. The molecule has 0 aromatic carbocycles. The highest BCUT2D eigenvalue weighted by Crippen LogP contribution is 2.25. The van der Waals surface area contributed by atoms with Crippen molar-refractivity contribution in [2.75, 3.05) is 19.8 Å². The number of amides is 1. The Labute approximate surface area is 90.2 Å². The van der Waals surface area contributed by atoms with Crippen LogP contribution in [0, 0.1) is 5.92 Å². The minimum absolute atomic E-state index is 0.0221. The van der Waals surface area contributed by atoms with Crippen LogP contribution in [0.5, 0.6) is 0 Å². The van der Waals surface area contributed by atoms with Gasteiger partial charge in [0.1, 0.15) is 6.10 Å². The zero-order valence-electron chi connectivity index (χ0n) is 9.19. The van der Waals surface area contributed by atoms with E-state index < -0.39 is 0 Å². The molecule has 0 aromatic heterocycles. The topological polar surface area (TPSA) is 49.8 Å². The van der Waals surface area contributed by atoms with E-state index in [0.29, 0.717) is 12.5 Å². The fraction of sp³-hybridized carbons (Fsp3) is 0.909. The summed E-state index contributed by atoms with van der Waals surface area (Å²) in [4.78, 5) is 13.9. The van der Waals surface area contributed by atoms with Gasteiger partial charge in [-0.3, -0.25) is 4.79 Å². The van der Waals surface area contributed by atoms with Gasteiger partial charge in [-0.05, 0) is 25.2 Å². The number of carbonyl (C=O) groups excluding carboxylic acids is 1. The fourth-order valence-electron chi connectivity index (χ4n) is 2.49. The fourth-order valence-corrected chi connectivity index (χ4v) is 2.49. The molecule has 2 rings (SSSR count). The van der Waals surface area contributed by atoms with Gasteiger partial charge in [-0.2, -0.15) is 0 Å². The van der Waals surface area contributed by atoms with Gasteiger partial charge in [0.05, 0.1) is 12.6 Å². The number of aliphatic hydroxyl groups is 1. The molecule has 4 heteroatoms. The predicted octanol–water partition coefficient (Wildman–Crippen LogP) is 0.395. The van der Waals surface area contributed by atoms with Crippen LogP contribution < -0.4 is 0 Å². The normalized spacial score (nSPS) is 36.1. The quantitative estimate of drug-likeness (QED) is 0.722. The lowest BCUT2D eigenvalue weighted by molar-refractivity contribution is -0.144. The molecule has 0 bridgehead atoms. The van der Waals surface area contributed by atoms with Crippen LogP contribution in [0.1, 0.15) is 26.2 Å². The van der Waals surface area contributed by atoms with Crippen molar-refractivity contribution in [2.45, 2.75) is 38.3 Å². The van der Waals surface area contributed by atoms with E-state index in [2.05, 4.69) is 6.92 Å². The molecule has 0 aliphatic carbocycles. The Morgan fingerprint density at radius 2 is 2.33 bits per heavy atom. The van der Waals surface area contributed by atoms with Gasteiger partial charge in [0.15, 0.2) is 0 Å². The van der Waals surface area contributed by atoms with Gasteiger partial charge in [0.25, 0.3) is 5.91 Å². The van der Waals surface area contributed by atoms with Crippen LogP contribution in [0.25, 0.3) is 0 Å². The van der Waals surface area contributed by atoms with Crippen molar-refractivity contribution in [1.82, 2.24) is 4.90 Å². The van der Waals surface area contributed by atoms with E-state index in [4.69, 9.17) is 9.84 Å². The van der Waals surface area contributed by atoms with Gasteiger partial charge in [0, 0.05) is 13.2 Å². The van der Waals surface area contributed by atoms with Crippen molar-refractivity contribution >= 4 is 5.91 Å². The summed E-state index contributed by atoms with van der Waals surface area (Å²) in [5.74, 6) is 0.397. The summed E-state index contributed by atoms with van der Waals surface area (Å²) >= 11 is 0. The molecule has 86 valence electrons. The molecule has 0 saturated carbocycles. The second-order valence-corrected chi connectivity index (χ2v) is 4.57. The van der Waals surface area contributed by atoms with Gasteiger partial charge in [-0.1, -0.05) is 6.92 Å². The lowest BCUT2D eigenvalue weighted by atomic mass is 10.0. The Morgan fingerprint density at radius 1 is 1.53 bits per heavy atom. The summed E-state index contributed by atoms with van der Waals surface area (Å²) in [6, 6.07) is 0.0221. The summed E-state index contributed by atoms with van der Waals surface area (Å²) in [7, 11) is 0. The van der Waals surface area contributed by atoms with Crippen LogP contribution >= 0.6 is 0 Å². The first kappa shape index (κ1) is 10.9. The molecule has 0 radical (unpaired) electrons. The largest absolute Gasteiger partial charge is 0.394 e. The second kappa shape index (κ2) is 4.49. The summed E-state index contributed by atoms with van der Waals surface area (Å²) in [6.45, 7) is 3.60. The van der Waals surface area contributed by atoms with Gasteiger partial charge in [0.2, 0.25) is 0 Å². The van der Waals surface area contributed by atoms with Crippen molar-refractivity contribution < 1.29 is 14.6 Å². The van der Waals surface area contributed by atoms with E-state index in [0.717, 1.165) is 25.8 Å². The van der Waals surface area contributed by atoms with E-state index in [1.54, 1.807) is 4.90 Å². The average Bonchev–Trinajstić information content (AvgIpc) is 2.84. The molecule has 1 amide bonds. The molecule has 4 nitrogen and oxygen atoms in total. The van der Waals surface area contributed by atoms with Crippen LogP contribution in [0.2, 0.25) is 0 Å². The third kappa shape index (κ3) is 2.01. The molecule has 2 aliphatic rings. The number of rotatable bonds is 2. The van der Waals surface area contributed by atoms with Crippen LogP contribution in [0.15, 0.2) is 0 Å². The third-order valence-electron chi connectivity index (χ3n) is 3.50. The number of aliphatic hydroxyl groups excluding tert-OH is 1. The summed E-state index contributed by atoms with van der Waals surface area (Å²) in [6.07, 6.45) is 2.62. The van der Waals surface area contributed by atoms with Crippen LogP contribution in [0.4, 0.5) is 0 Å². The maximum Gasteiger partial charge on any atom is 0.252 e. The monoisotopic (exact) mass is 213 g/mol. The number of carbonyl (C=O) groups is 1. The number of hydrogen-bond donors (Lipinski definition) is 1. The van der Waals surface area contributed by atoms with Gasteiger partial charge in [-0.25, -0.2) is 0 Å². The van der Waals surface area contributed by atoms with Crippen LogP contribution in [0.3, 0.4) is 0 Å². The molecule has 2 aliphatic heterocycles. The smallest absolute Gasteiger partial charge is 0.252 e. The molecule has 15 heavy (non-hydrogen) atoms. The number of likely N-dealkylation sites (tertiary alicyclic amines) is 1. The summed E-state index contributed by atoms with van der Waals surface area (Å²) in [5.41, 5.74) is 0. The van der Waals surface area contributed by atoms with E-state index in [9.17, 15) is 4.79 Å². The van der Waals surface area contributed by atoms with Crippen molar-refractivity contribution in [2.24, 2.45) is 5.92 Å². The highest BCUT2D eigenvalue weighted by molar-refractivity contribution is 5.82. The minimum atomic E-state index is -0.267. The highest BCUT2D eigenvalue weighted by atomic mass is 16.5. The maximum absolute atomic E-state index is 12.1. The first-order chi connectivity index (χ1) is 7.24. The average molecular weight is 213 g/mol. The molecular weight excluding hydrogens is 194 g/mol. The SMILES string of the molecule is CC1CCOC1C(=O)N1CCCC1CO. The van der Waals surface area contributed by atoms with Crippen LogP contribution in [-0.4, -0.2) is 47.8 Å². The Bertz CT molecular complexity index is 244. The van der Waals surface area contributed by atoms with E-state index >= 15 is 0 Å². The number of ether oxygens (including phenoxy) is 1.